The standard InChI is InChI=1S/C19H21N5O2/c20-19-21-17-5-1-4-16(24(17)22-19)14-6-8-15(9-7-14)18(26)23-10-2-3-13(11-23)12-25/h1,4-9,13,25H,2-3,10-12H2,(H2,20,22). The van der Waals surface area contributed by atoms with E-state index in [0.717, 1.165) is 30.6 Å². The minimum atomic E-state index is 0.0120. The number of aliphatic hydroxyl groups is 1. The van der Waals surface area contributed by atoms with Crippen molar-refractivity contribution in [3.05, 3.63) is 48.0 Å². The summed E-state index contributed by atoms with van der Waals surface area (Å²) in [6.07, 6.45) is 1.91. The first-order chi connectivity index (χ1) is 12.7. The molecule has 134 valence electrons. The fourth-order valence-electron chi connectivity index (χ4n) is 3.51. The van der Waals surface area contributed by atoms with Crippen LogP contribution < -0.4 is 5.73 Å². The summed E-state index contributed by atoms with van der Waals surface area (Å²) in [6, 6.07) is 13.2. The topological polar surface area (TPSA) is 96.8 Å². The lowest BCUT2D eigenvalue weighted by atomic mass is 9.98. The Bertz CT molecular complexity index is 935. The number of hydrogen-bond donors (Lipinski definition) is 2. The molecule has 0 spiro atoms. The van der Waals surface area contributed by atoms with Crippen LogP contribution in [0.3, 0.4) is 0 Å². The van der Waals surface area contributed by atoms with Gasteiger partial charge in [0.1, 0.15) is 0 Å². The van der Waals surface area contributed by atoms with Crippen molar-refractivity contribution in [3.8, 4) is 11.3 Å². The number of pyridine rings is 1. The molecule has 3 aromatic rings. The molecule has 1 aromatic carbocycles. The molecule has 0 aliphatic carbocycles. The van der Waals surface area contributed by atoms with E-state index < -0.39 is 0 Å². The zero-order chi connectivity index (χ0) is 18.1. The van der Waals surface area contributed by atoms with Gasteiger partial charge >= 0.3 is 0 Å². The van der Waals surface area contributed by atoms with Gasteiger partial charge in [-0.1, -0.05) is 18.2 Å². The van der Waals surface area contributed by atoms with Crippen molar-refractivity contribution in [2.45, 2.75) is 12.8 Å². The molecule has 0 bridgehead atoms. The highest BCUT2D eigenvalue weighted by molar-refractivity contribution is 5.94. The van der Waals surface area contributed by atoms with Crippen molar-refractivity contribution in [2.75, 3.05) is 25.4 Å². The number of nitrogens with zero attached hydrogens (tertiary/aromatic N) is 4. The summed E-state index contributed by atoms with van der Waals surface area (Å²) in [5.74, 6) is 0.424. The molecule has 0 saturated carbocycles. The lowest BCUT2D eigenvalue weighted by molar-refractivity contribution is 0.0620. The molecular weight excluding hydrogens is 330 g/mol. The summed E-state index contributed by atoms with van der Waals surface area (Å²) in [5.41, 5.74) is 8.83. The van der Waals surface area contributed by atoms with E-state index in [1.165, 1.54) is 0 Å². The second-order valence-electron chi connectivity index (χ2n) is 6.67. The van der Waals surface area contributed by atoms with Crippen molar-refractivity contribution in [3.63, 3.8) is 0 Å². The molecule has 7 nitrogen and oxygen atoms in total. The number of carbonyl (C=O) groups is 1. The third kappa shape index (κ3) is 3.01. The number of benzene rings is 1. The largest absolute Gasteiger partial charge is 0.396 e. The average molecular weight is 351 g/mol. The molecule has 3 N–H and O–H groups in total. The summed E-state index contributed by atoms with van der Waals surface area (Å²) < 4.78 is 1.70. The highest BCUT2D eigenvalue weighted by Crippen LogP contribution is 2.23. The molecule has 1 atom stereocenters. The minimum absolute atomic E-state index is 0.0120. The van der Waals surface area contributed by atoms with Crippen molar-refractivity contribution < 1.29 is 9.90 Å². The Kier molecular flexibility index (Phi) is 4.30. The molecule has 2 aromatic heterocycles. The number of nitrogens with two attached hydrogens (primary N) is 1. The van der Waals surface area contributed by atoms with E-state index in [1.54, 1.807) is 4.52 Å². The van der Waals surface area contributed by atoms with Gasteiger partial charge in [-0.15, -0.1) is 5.10 Å². The summed E-state index contributed by atoms with van der Waals surface area (Å²) in [7, 11) is 0. The van der Waals surface area contributed by atoms with Crippen LogP contribution in [0.4, 0.5) is 5.95 Å². The van der Waals surface area contributed by atoms with E-state index in [2.05, 4.69) is 10.1 Å². The molecule has 0 radical (unpaired) electrons. The van der Waals surface area contributed by atoms with E-state index in [9.17, 15) is 9.90 Å². The van der Waals surface area contributed by atoms with Crippen molar-refractivity contribution in [2.24, 2.45) is 5.92 Å². The Morgan fingerprint density at radius 2 is 2.04 bits per heavy atom. The lowest BCUT2D eigenvalue weighted by Crippen LogP contribution is -2.40. The highest BCUT2D eigenvalue weighted by Gasteiger charge is 2.24. The smallest absolute Gasteiger partial charge is 0.253 e. The first-order valence-corrected chi connectivity index (χ1v) is 8.77. The highest BCUT2D eigenvalue weighted by atomic mass is 16.3. The van der Waals surface area contributed by atoms with E-state index in [1.807, 2.05) is 47.4 Å². The van der Waals surface area contributed by atoms with Crippen molar-refractivity contribution in [1.29, 1.82) is 0 Å². The Balaban J connectivity index is 1.59. The molecule has 7 heteroatoms. The number of hydrogen-bond acceptors (Lipinski definition) is 5. The van der Waals surface area contributed by atoms with E-state index in [4.69, 9.17) is 5.73 Å². The third-order valence-corrected chi connectivity index (χ3v) is 4.87. The second kappa shape index (κ2) is 6.76. The Morgan fingerprint density at radius 1 is 1.23 bits per heavy atom. The van der Waals surface area contributed by atoms with Crippen LogP contribution in [0.2, 0.25) is 0 Å². The van der Waals surface area contributed by atoms with Gasteiger partial charge in [0, 0.05) is 30.8 Å². The summed E-state index contributed by atoms with van der Waals surface area (Å²) >= 11 is 0. The van der Waals surface area contributed by atoms with Gasteiger partial charge in [-0.3, -0.25) is 4.79 Å². The third-order valence-electron chi connectivity index (χ3n) is 4.87. The zero-order valence-electron chi connectivity index (χ0n) is 14.4. The Hall–Kier alpha value is -2.93. The number of amides is 1. The van der Waals surface area contributed by atoms with Crippen molar-refractivity contribution >= 4 is 17.5 Å². The molecule has 1 aliphatic rings. The summed E-state index contributed by atoms with van der Waals surface area (Å²) in [4.78, 5) is 18.7. The van der Waals surface area contributed by atoms with Crippen molar-refractivity contribution in [1.82, 2.24) is 19.5 Å². The number of aromatic nitrogens is 3. The predicted molar refractivity (Wildman–Crippen MR) is 98.5 cm³/mol. The molecule has 1 fully saturated rings. The van der Waals surface area contributed by atoms with E-state index in [-0.39, 0.29) is 24.4 Å². The van der Waals surface area contributed by atoms with Crippen LogP contribution in [-0.4, -0.2) is 50.2 Å². The maximum atomic E-state index is 12.7. The quantitative estimate of drug-likeness (QED) is 0.750. The molecular formula is C19H21N5O2. The molecule has 1 saturated heterocycles. The maximum Gasteiger partial charge on any atom is 0.253 e. The Labute approximate surface area is 151 Å². The van der Waals surface area contributed by atoms with Gasteiger partial charge in [0.2, 0.25) is 5.95 Å². The van der Waals surface area contributed by atoms with Gasteiger partial charge in [-0.05, 0) is 43.0 Å². The van der Waals surface area contributed by atoms with Crippen LogP contribution in [0.25, 0.3) is 16.9 Å². The van der Waals surface area contributed by atoms with Crippen LogP contribution in [-0.2, 0) is 0 Å². The normalized spacial score (nSPS) is 17.6. The number of piperidine rings is 1. The fourth-order valence-corrected chi connectivity index (χ4v) is 3.51. The average Bonchev–Trinajstić information content (AvgIpc) is 3.07. The number of anilines is 1. The second-order valence-corrected chi connectivity index (χ2v) is 6.67. The van der Waals surface area contributed by atoms with Crippen LogP contribution >= 0.6 is 0 Å². The number of aliphatic hydroxyl groups excluding tert-OH is 1. The van der Waals surface area contributed by atoms with Gasteiger partial charge in [0.05, 0.1) is 5.69 Å². The van der Waals surface area contributed by atoms with Crippen LogP contribution in [0.15, 0.2) is 42.5 Å². The monoisotopic (exact) mass is 351 g/mol. The summed E-state index contributed by atoms with van der Waals surface area (Å²) in [6.45, 7) is 1.50. The molecule has 1 unspecified atom stereocenters. The Morgan fingerprint density at radius 3 is 2.81 bits per heavy atom. The van der Waals surface area contributed by atoms with Gasteiger partial charge < -0.3 is 15.7 Å². The zero-order valence-corrected chi connectivity index (χ0v) is 14.4. The lowest BCUT2D eigenvalue weighted by Gasteiger charge is -2.31. The number of rotatable bonds is 3. The van der Waals surface area contributed by atoms with E-state index in [0.29, 0.717) is 17.8 Å². The van der Waals surface area contributed by atoms with Crippen LogP contribution in [0.5, 0.6) is 0 Å². The first kappa shape index (κ1) is 16.5. The number of fused-ring (bicyclic) bond motifs is 1. The number of likely N-dealkylation sites (tertiary alicyclic amines) is 1. The molecule has 1 aliphatic heterocycles. The SMILES string of the molecule is Nc1nc2cccc(-c3ccc(C(=O)N4CCCC(CO)C4)cc3)n2n1. The van der Waals surface area contributed by atoms with E-state index >= 15 is 0 Å². The predicted octanol–water partition coefficient (Wildman–Crippen LogP) is 1.82. The molecule has 3 heterocycles. The van der Waals surface area contributed by atoms with Gasteiger partial charge in [0.25, 0.3) is 5.91 Å². The van der Waals surface area contributed by atoms with Gasteiger partial charge in [0.15, 0.2) is 5.65 Å². The molecule has 4 rings (SSSR count). The number of carbonyl (C=O) groups excluding carboxylic acids is 1. The number of nitrogen functional groups attached to an aromatic ring is 1. The van der Waals surface area contributed by atoms with Crippen LogP contribution in [0, 0.1) is 5.92 Å². The van der Waals surface area contributed by atoms with Gasteiger partial charge in [-0.2, -0.15) is 4.98 Å². The fraction of sp³-hybridized carbons (Fsp3) is 0.316. The molecule has 1 amide bonds. The molecule has 26 heavy (non-hydrogen) atoms. The summed E-state index contributed by atoms with van der Waals surface area (Å²) in [5, 5.41) is 13.6. The van der Waals surface area contributed by atoms with Crippen LogP contribution in [0.1, 0.15) is 23.2 Å². The first-order valence-electron chi connectivity index (χ1n) is 8.77. The maximum absolute atomic E-state index is 12.7. The van der Waals surface area contributed by atoms with Gasteiger partial charge in [-0.25, -0.2) is 4.52 Å². The minimum Gasteiger partial charge on any atom is -0.396 e.